The van der Waals surface area contributed by atoms with Gasteiger partial charge in [-0.3, -0.25) is 9.69 Å². The number of likely N-dealkylation sites (tertiary alicyclic amines) is 1. The Hall–Kier alpha value is -0.580. The van der Waals surface area contributed by atoms with Crippen molar-refractivity contribution in [1.82, 2.24) is 10.2 Å². The Morgan fingerprint density at radius 1 is 1.21 bits per heavy atom. The molecule has 1 amide bonds. The molecule has 1 aromatic carbocycles. The van der Waals surface area contributed by atoms with Gasteiger partial charge >= 0.3 is 0 Å². The molecule has 1 saturated carbocycles. The maximum Gasteiger partial charge on any atom is 0.220 e. The smallest absolute Gasteiger partial charge is 0.220 e. The molecular formula is C19H26BrClN2O. The number of carbonyl (C=O) groups is 1. The van der Waals surface area contributed by atoms with Crippen molar-refractivity contribution in [1.29, 1.82) is 0 Å². The van der Waals surface area contributed by atoms with E-state index in [9.17, 15) is 4.79 Å². The summed E-state index contributed by atoms with van der Waals surface area (Å²) < 4.78 is 1.07. The van der Waals surface area contributed by atoms with E-state index in [0.717, 1.165) is 54.0 Å². The number of hydrogen-bond acceptors (Lipinski definition) is 2. The second-order valence-corrected chi connectivity index (χ2v) is 8.53. The topological polar surface area (TPSA) is 32.3 Å². The first-order valence-corrected chi connectivity index (χ1v) is 10.2. The average Bonchev–Trinajstić information content (AvgIpc) is 3.05. The molecule has 0 bridgehead atoms. The van der Waals surface area contributed by atoms with Crippen LogP contribution in [0.5, 0.6) is 0 Å². The highest BCUT2D eigenvalue weighted by Gasteiger charge is 2.23. The zero-order chi connectivity index (χ0) is 16.9. The van der Waals surface area contributed by atoms with Crippen molar-refractivity contribution in [2.24, 2.45) is 5.92 Å². The van der Waals surface area contributed by atoms with Gasteiger partial charge in [-0.25, -0.2) is 0 Å². The first-order valence-electron chi connectivity index (χ1n) is 9.06. The first-order chi connectivity index (χ1) is 11.6. The second-order valence-electron chi connectivity index (χ2n) is 7.21. The zero-order valence-electron chi connectivity index (χ0n) is 14.1. The molecule has 3 nitrogen and oxygen atoms in total. The minimum atomic E-state index is 0.260. The van der Waals surface area contributed by atoms with E-state index in [-0.39, 0.29) is 5.91 Å². The van der Waals surface area contributed by atoms with Crippen molar-refractivity contribution < 1.29 is 4.79 Å². The third-order valence-electron chi connectivity index (χ3n) is 5.30. The van der Waals surface area contributed by atoms with Crippen molar-refractivity contribution in [2.75, 3.05) is 13.1 Å². The van der Waals surface area contributed by atoms with Crippen LogP contribution < -0.4 is 5.32 Å². The highest BCUT2D eigenvalue weighted by molar-refractivity contribution is 9.10. The summed E-state index contributed by atoms with van der Waals surface area (Å²) in [6.07, 6.45) is 7.86. The van der Waals surface area contributed by atoms with Gasteiger partial charge in [0.2, 0.25) is 5.91 Å². The molecule has 0 unspecified atom stereocenters. The van der Waals surface area contributed by atoms with Crippen molar-refractivity contribution in [3.63, 3.8) is 0 Å². The molecule has 2 fully saturated rings. The van der Waals surface area contributed by atoms with Crippen LogP contribution >= 0.6 is 27.5 Å². The molecule has 2 aliphatic rings. The van der Waals surface area contributed by atoms with Crippen molar-refractivity contribution in [3.05, 3.63) is 33.3 Å². The number of piperidine rings is 1. The normalized spacial score (nSPS) is 20.4. The van der Waals surface area contributed by atoms with Crippen LogP contribution in [0.4, 0.5) is 0 Å². The Labute approximate surface area is 158 Å². The van der Waals surface area contributed by atoms with Gasteiger partial charge in [0.05, 0.1) is 0 Å². The number of nitrogens with one attached hydrogen (secondary N) is 1. The fourth-order valence-electron chi connectivity index (χ4n) is 3.90. The SMILES string of the molecule is O=C(CC1CCCC1)NC1CCN(Cc2cc(Br)ccc2Cl)CC1. The second kappa shape index (κ2) is 8.68. The van der Waals surface area contributed by atoms with Crippen LogP contribution in [-0.2, 0) is 11.3 Å². The third-order valence-corrected chi connectivity index (χ3v) is 6.17. The van der Waals surface area contributed by atoms with Crippen molar-refractivity contribution in [2.45, 2.75) is 57.5 Å². The highest BCUT2D eigenvalue weighted by Crippen LogP contribution is 2.28. The average molecular weight is 414 g/mol. The maximum absolute atomic E-state index is 12.2. The lowest BCUT2D eigenvalue weighted by atomic mass is 10.0. The molecule has 0 aromatic heterocycles. The number of rotatable bonds is 5. The van der Waals surface area contributed by atoms with E-state index in [1.165, 1.54) is 25.7 Å². The monoisotopic (exact) mass is 412 g/mol. The van der Waals surface area contributed by atoms with Gasteiger partial charge in [0.1, 0.15) is 0 Å². The fraction of sp³-hybridized carbons (Fsp3) is 0.632. The molecule has 132 valence electrons. The molecule has 24 heavy (non-hydrogen) atoms. The van der Waals surface area contributed by atoms with Gasteiger partial charge in [-0.1, -0.05) is 40.4 Å². The molecule has 0 radical (unpaired) electrons. The van der Waals surface area contributed by atoms with Gasteiger partial charge in [0.25, 0.3) is 0 Å². The minimum absolute atomic E-state index is 0.260. The molecule has 1 aliphatic heterocycles. The Morgan fingerprint density at radius 3 is 2.62 bits per heavy atom. The summed E-state index contributed by atoms with van der Waals surface area (Å²) in [6.45, 7) is 2.90. The van der Waals surface area contributed by atoms with Gasteiger partial charge in [0, 0.05) is 41.6 Å². The van der Waals surface area contributed by atoms with E-state index >= 15 is 0 Å². The van der Waals surface area contributed by atoms with Gasteiger partial charge < -0.3 is 5.32 Å². The van der Waals surface area contributed by atoms with Crippen LogP contribution in [0.1, 0.15) is 50.5 Å². The van der Waals surface area contributed by atoms with E-state index in [1.54, 1.807) is 0 Å². The lowest BCUT2D eigenvalue weighted by molar-refractivity contribution is -0.123. The van der Waals surface area contributed by atoms with E-state index in [2.05, 4.69) is 32.2 Å². The Balaban J connectivity index is 1.42. The lowest BCUT2D eigenvalue weighted by Crippen LogP contribution is -2.44. The summed E-state index contributed by atoms with van der Waals surface area (Å²) in [5.74, 6) is 0.888. The van der Waals surface area contributed by atoms with Crippen LogP contribution in [0.3, 0.4) is 0 Å². The molecular weight excluding hydrogens is 388 g/mol. The number of carbonyl (C=O) groups excluding carboxylic acids is 1. The summed E-state index contributed by atoms with van der Waals surface area (Å²) in [5, 5.41) is 4.08. The molecule has 5 heteroatoms. The van der Waals surface area contributed by atoms with Crippen LogP contribution in [0.15, 0.2) is 22.7 Å². The summed E-state index contributed by atoms with van der Waals surface area (Å²) in [6, 6.07) is 6.35. The molecule has 3 rings (SSSR count). The lowest BCUT2D eigenvalue weighted by Gasteiger charge is -2.32. The number of amides is 1. The highest BCUT2D eigenvalue weighted by atomic mass is 79.9. The van der Waals surface area contributed by atoms with Gasteiger partial charge in [-0.2, -0.15) is 0 Å². The van der Waals surface area contributed by atoms with Crippen LogP contribution in [0, 0.1) is 5.92 Å². The van der Waals surface area contributed by atoms with E-state index in [0.29, 0.717) is 12.0 Å². The van der Waals surface area contributed by atoms with Gasteiger partial charge in [0.15, 0.2) is 0 Å². The molecule has 1 aliphatic carbocycles. The van der Waals surface area contributed by atoms with E-state index in [4.69, 9.17) is 11.6 Å². The number of benzene rings is 1. The summed E-state index contributed by atoms with van der Waals surface area (Å²) in [7, 11) is 0. The number of halogens is 2. The predicted molar refractivity (Wildman–Crippen MR) is 102 cm³/mol. The number of nitrogens with zero attached hydrogens (tertiary/aromatic N) is 1. The minimum Gasteiger partial charge on any atom is -0.353 e. The van der Waals surface area contributed by atoms with E-state index in [1.807, 2.05) is 12.1 Å². The Kier molecular flexibility index (Phi) is 6.59. The van der Waals surface area contributed by atoms with Crippen LogP contribution in [0.25, 0.3) is 0 Å². The van der Waals surface area contributed by atoms with Crippen LogP contribution in [0.2, 0.25) is 5.02 Å². The van der Waals surface area contributed by atoms with Gasteiger partial charge in [-0.15, -0.1) is 0 Å². The Morgan fingerprint density at radius 2 is 1.92 bits per heavy atom. The maximum atomic E-state index is 12.2. The van der Waals surface area contributed by atoms with Crippen molar-refractivity contribution >= 4 is 33.4 Å². The number of hydrogen-bond donors (Lipinski definition) is 1. The van der Waals surface area contributed by atoms with Crippen LogP contribution in [-0.4, -0.2) is 29.9 Å². The quantitative estimate of drug-likeness (QED) is 0.754. The first kappa shape index (κ1) is 18.2. The molecule has 1 heterocycles. The predicted octanol–water partition coefficient (Wildman–Crippen LogP) is 4.76. The largest absolute Gasteiger partial charge is 0.353 e. The summed E-state index contributed by atoms with van der Waals surface area (Å²) in [4.78, 5) is 14.6. The van der Waals surface area contributed by atoms with E-state index < -0.39 is 0 Å². The summed E-state index contributed by atoms with van der Waals surface area (Å²) >= 11 is 9.80. The third kappa shape index (κ3) is 5.21. The Bertz CT molecular complexity index is 566. The fourth-order valence-corrected chi connectivity index (χ4v) is 4.49. The molecule has 1 N–H and O–H groups in total. The van der Waals surface area contributed by atoms with Crippen molar-refractivity contribution in [3.8, 4) is 0 Å². The molecule has 1 saturated heterocycles. The standard InChI is InChI=1S/C19H26BrClN2O/c20-16-5-6-18(21)15(12-16)13-23-9-7-17(8-10-23)22-19(24)11-14-3-1-2-4-14/h5-6,12,14,17H,1-4,7-11,13H2,(H,22,24). The molecule has 0 atom stereocenters. The van der Waals surface area contributed by atoms with Gasteiger partial charge in [-0.05, 0) is 55.4 Å². The molecule has 1 aromatic rings. The molecule has 0 spiro atoms. The summed E-state index contributed by atoms with van der Waals surface area (Å²) in [5.41, 5.74) is 1.16. The zero-order valence-corrected chi connectivity index (χ0v) is 16.4.